The number of hydrogen-bond acceptors (Lipinski definition) is 3. The zero-order valence-electron chi connectivity index (χ0n) is 12.1. The normalized spacial score (nSPS) is 12.4. The lowest BCUT2D eigenvalue weighted by Gasteiger charge is -2.20. The molecule has 1 N–H and O–H groups in total. The third-order valence-electron chi connectivity index (χ3n) is 3.20. The minimum Gasteiger partial charge on any atom is -0.496 e. The third-order valence-corrected chi connectivity index (χ3v) is 3.43. The summed E-state index contributed by atoms with van der Waals surface area (Å²) < 4.78 is 7.26. The molecule has 1 atom stereocenters. The van der Waals surface area contributed by atoms with E-state index < -0.39 is 0 Å². The Morgan fingerprint density at radius 2 is 2.20 bits per heavy atom. The van der Waals surface area contributed by atoms with Gasteiger partial charge >= 0.3 is 0 Å². The van der Waals surface area contributed by atoms with Gasteiger partial charge in [-0.25, -0.2) is 0 Å². The number of methoxy groups -OCH3 is 1. The van der Waals surface area contributed by atoms with Gasteiger partial charge in [-0.05, 0) is 30.8 Å². The second-order valence-electron chi connectivity index (χ2n) is 4.68. The topological polar surface area (TPSA) is 39.1 Å². The average Bonchev–Trinajstić information content (AvgIpc) is 2.84. The van der Waals surface area contributed by atoms with Crippen molar-refractivity contribution in [2.45, 2.75) is 19.4 Å². The quantitative estimate of drug-likeness (QED) is 0.890. The number of nitrogens with one attached hydrogen (secondary N) is 1. The van der Waals surface area contributed by atoms with Gasteiger partial charge in [-0.3, -0.25) is 4.68 Å². The van der Waals surface area contributed by atoms with Crippen molar-refractivity contribution in [2.75, 3.05) is 13.7 Å². The molecule has 2 rings (SSSR count). The maximum Gasteiger partial charge on any atom is 0.123 e. The van der Waals surface area contributed by atoms with E-state index in [0.717, 1.165) is 30.0 Å². The fraction of sp³-hybridized carbons (Fsp3) is 0.400. The summed E-state index contributed by atoms with van der Waals surface area (Å²) in [5.74, 6) is 0.844. The monoisotopic (exact) mass is 293 g/mol. The Morgan fingerprint density at radius 1 is 1.40 bits per heavy atom. The Hall–Kier alpha value is -1.52. The summed E-state index contributed by atoms with van der Waals surface area (Å²) in [6, 6.07) is 7.86. The summed E-state index contributed by atoms with van der Waals surface area (Å²) in [5, 5.41) is 8.62. The molecule has 4 nitrogen and oxygen atoms in total. The van der Waals surface area contributed by atoms with Crippen LogP contribution in [-0.4, -0.2) is 23.4 Å². The molecule has 0 bridgehead atoms. The van der Waals surface area contributed by atoms with Crippen LogP contribution in [0.1, 0.15) is 24.2 Å². The number of aryl methyl sites for hydroxylation is 1. The van der Waals surface area contributed by atoms with Gasteiger partial charge in [-0.15, -0.1) is 0 Å². The van der Waals surface area contributed by atoms with Crippen molar-refractivity contribution in [1.82, 2.24) is 15.1 Å². The van der Waals surface area contributed by atoms with Crippen molar-refractivity contribution in [3.05, 3.63) is 46.7 Å². The predicted octanol–water partition coefficient (Wildman–Crippen LogP) is 2.98. The van der Waals surface area contributed by atoms with Crippen LogP contribution in [-0.2, 0) is 13.5 Å². The van der Waals surface area contributed by atoms with E-state index in [1.165, 1.54) is 0 Å². The number of hydrogen-bond donors (Lipinski definition) is 1. The molecular weight excluding hydrogens is 274 g/mol. The van der Waals surface area contributed by atoms with Crippen LogP contribution in [0, 0.1) is 0 Å². The van der Waals surface area contributed by atoms with Crippen LogP contribution in [0.3, 0.4) is 0 Å². The van der Waals surface area contributed by atoms with Crippen molar-refractivity contribution in [3.8, 4) is 5.75 Å². The van der Waals surface area contributed by atoms with Gasteiger partial charge < -0.3 is 10.1 Å². The van der Waals surface area contributed by atoms with E-state index in [9.17, 15) is 0 Å². The maximum atomic E-state index is 6.12. The van der Waals surface area contributed by atoms with Gasteiger partial charge in [0, 0.05) is 36.3 Å². The molecule has 1 aromatic heterocycles. The summed E-state index contributed by atoms with van der Waals surface area (Å²) >= 11 is 6.12. The van der Waals surface area contributed by atoms with Gasteiger partial charge in [0.25, 0.3) is 0 Å². The lowest BCUT2D eigenvalue weighted by molar-refractivity contribution is 0.398. The highest BCUT2D eigenvalue weighted by Gasteiger charge is 2.17. The molecule has 1 unspecified atom stereocenters. The molecule has 0 saturated heterocycles. The molecule has 0 spiro atoms. The molecule has 108 valence electrons. The van der Waals surface area contributed by atoms with E-state index in [0.29, 0.717) is 5.02 Å². The lowest BCUT2D eigenvalue weighted by Crippen LogP contribution is -2.23. The van der Waals surface area contributed by atoms with Crippen LogP contribution in [0.4, 0.5) is 0 Å². The second-order valence-corrected chi connectivity index (χ2v) is 5.12. The molecule has 0 aliphatic heterocycles. The predicted molar refractivity (Wildman–Crippen MR) is 81.3 cm³/mol. The lowest BCUT2D eigenvalue weighted by atomic mass is 10.0. The van der Waals surface area contributed by atoms with E-state index in [1.807, 2.05) is 42.2 Å². The van der Waals surface area contributed by atoms with Crippen LogP contribution < -0.4 is 10.1 Å². The van der Waals surface area contributed by atoms with Gasteiger partial charge in [0.05, 0.1) is 12.8 Å². The van der Waals surface area contributed by atoms with Crippen molar-refractivity contribution in [1.29, 1.82) is 0 Å². The van der Waals surface area contributed by atoms with Gasteiger partial charge in [0.1, 0.15) is 5.75 Å². The van der Waals surface area contributed by atoms with E-state index >= 15 is 0 Å². The van der Waals surface area contributed by atoms with Gasteiger partial charge in [0.2, 0.25) is 0 Å². The van der Waals surface area contributed by atoms with E-state index in [1.54, 1.807) is 7.11 Å². The molecule has 0 aliphatic rings. The SMILES string of the molecule is CCNC(Cc1ccn(C)n1)c1cc(Cl)ccc1OC. The second kappa shape index (κ2) is 6.77. The zero-order chi connectivity index (χ0) is 14.5. The summed E-state index contributed by atoms with van der Waals surface area (Å²) in [4.78, 5) is 0. The Labute approximate surface area is 124 Å². The first-order chi connectivity index (χ1) is 9.63. The molecule has 0 fully saturated rings. The molecule has 0 amide bonds. The Balaban J connectivity index is 2.30. The number of likely N-dealkylation sites (N-methyl/N-ethyl adjacent to an activating group) is 1. The van der Waals surface area contributed by atoms with Crippen LogP contribution >= 0.6 is 11.6 Å². The molecule has 5 heteroatoms. The van der Waals surface area contributed by atoms with E-state index in [2.05, 4.69) is 17.3 Å². The third kappa shape index (κ3) is 3.52. The van der Waals surface area contributed by atoms with Crippen molar-refractivity contribution in [2.24, 2.45) is 7.05 Å². The molecule has 2 aromatic rings. The summed E-state index contributed by atoms with van der Waals surface area (Å²) in [6.07, 6.45) is 2.75. The minimum absolute atomic E-state index is 0.128. The summed E-state index contributed by atoms with van der Waals surface area (Å²) in [6.45, 7) is 2.95. The number of halogens is 1. The Kier molecular flexibility index (Phi) is 5.04. The number of aromatic nitrogens is 2. The number of nitrogens with zero attached hydrogens (tertiary/aromatic N) is 2. The molecule has 1 heterocycles. The first-order valence-electron chi connectivity index (χ1n) is 6.69. The molecule has 0 saturated carbocycles. The van der Waals surface area contributed by atoms with E-state index in [4.69, 9.17) is 16.3 Å². The summed E-state index contributed by atoms with van der Waals surface area (Å²) in [7, 11) is 3.60. The molecule has 20 heavy (non-hydrogen) atoms. The fourth-order valence-corrected chi connectivity index (χ4v) is 2.48. The van der Waals surface area contributed by atoms with Crippen LogP contribution in [0.25, 0.3) is 0 Å². The van der Waals surface area contributed by atoms with Crippen LogP contribution in [0.5, 0.6) is 5.75 Å². The highest BCUT2D eigenvalue weighted by atomic mass is 35.5. The van der Waals surface area contributed by atoms with Crippen LogP contribution in [0.15, 0.2) is 30.5 Å². The standard InChI is InChI=1S/C15H20ClN3O/c1-4-17-14(10-12-7-8-19(2)18-12)13-9-11(16)5-6-15(13)20-3/h5-9,14,17H,4,10H2,1-3H3. The zero-order valence-corrected chi connectivity index (χ0v) is 12.8. The smallest absolute Gasteiger partial charge is 0.123 e. The number of ether oxygens (including phenoxy) is 1. The fourth-order valence-electron chi connectivity index (χ4n) is 2.30. The van der Waals surface area contributed by atoms with Gasteiger partial charge in [-0.2, -0.15) is 5.10 Å². The first-order valence-corrected chi connectivity index (χ1v) is 7.07. The maximum absolute atomic E-state index is 6.12. The van der Waals surface area contributed by atoms with Crippen molar-refractivity contribution >= 4 is 11.6 Å². The van der Waals surface area contributed by atoms with Gasteiger partial charge in [-0.1, -0.05) is 18.5 Å². The molecule has 1 aromatic carbocycles. The molecule has 0 radical (unpaired) electrons. The minimum atomic E-state index is 0.128. The first kappa shape index (κ1) is 14.9. The van der Waals surface area contributed by atoms with Gasteiger partial charge in [0.15, 0.2) is 0 Å². The van der Waals surface area contributed by atoms with Crippen molar-refractivity contribution in [3.63, 3.8) is 0 Å². The Bertz CT molecular complexity index is 568. The number of benzene rings is 1. The average molecular weight is 294 g/mol. The highest BCUT2D eigenvalue weighted by Crippen LogP contribution is 2.30. The largest absolute Gasteiger partial charge is 0.496 e. The molecular formula is C15H20ClN3O. The van der Waals surface area contributed by atoms with Crippen LogP contribution in [0.2, 0.25) is 5.02 Å². The highest BCUT2D eigenvalue weighted by molar-refractivity contribution is 6.30. The Morgan fingerprint density at radius 3 is 2.80 bits per heavy atom. The number of rotatable bonds is 6. The molecule has 0 aliphatic carbocycles. The van der Waals surface area contributed by atoms with Crippen molar-refractivity contribution < 1.29 is 4.74 Å². The van der Waals surface area contributed by atoms with E-state index in [-0.39, 0.29) is 6.04 Å². The summed E-state index contributed by atoms with van der Waals surface area (Å²) in [5.41, 5.74) is 2.10.